The van der Waals surface area contributed by atoms with Crippen LogP contribution >= 0.6 is 0 Å². The number of hydrogen-bond acceptors (Lipinski definition) is 3. The van der Waals surface area contributed by atoms with Crippen LogP contribution in [0.15, 0.2) is 54.6 Å². The Labute approximate surface area is 313 Å². The summed E-state index contributed by atoms with van der Waals surface area (Å²) in [5, 5.41) is 2.70. The van der Waals surface area contributed by atoms with Crippen molar-refractivity contribution in [2.24, 2.45) is 0 Å². The summed E-state index contributed by atoms with van der Waals surface area (Å²) in [4.78, 5) is 0. The van der Waals surface area contributed by atoms with E-state index in [0.29, 0.717) is 38.1 Å². The van der Waals surface area contributed by atoms with Gasteiger partial charge in [0.15, 0.2) is 6.54 Å². The average molecular weight is 709 g/mol. The quantitative estimate of drug-likeness (QED) is 0.0357. The summed E-state index contributed by atoms with van der Waals surface area (Å²) in [7, 11) is 0. The van der Waals surface area contributed by atoms with Crippen molar-refractivity contribution in [2.45, 2.75) is 157 Å². The molecule has 6 heteroatoms. The van der Waals surface area contributed by atoms with Crippen LogP contribution in [0.3, 0.4) is 0 Å². The van der Waals surface area contributed by atoms with Crippen LogP contribution < -0.4 is 4.57 Å². The highest BCUT2D eigenvalue weighted by molar-refractivity contribution is 6.24. The molecule has 0 amide bonds. The number of nitrogens with zero attached hydrogens (tertiary/aromatic N) is 3. The third kappa shape index (κ3) is 8.00. The number of pyridine rings is 3. The van der Waals surface area contributed by atoms with Crippen molar-refractivity contribution in [1.29, 1.82) is 0 Å². The first-order chi connectivity index (χ1) is 25.6. The topological polar surface area (TPSA) is 41.4 Å². The van der Waals surface area contributed by atoms with Gasteiger partial charge in [-0.25, -0.2) is 0 Å². The third-order valence-corrected chi connectivity index (χ3v) is 11.2. The Balaban J connectivity index is 1.52. The van der Waals surface area contributed by atoms with E-state index >= 15 is 0 Å². The highest BCUT2D eigenvalue weighted by Crippen LogP contribution is 2.47. The van der Waals surface area contributed by atoms with Gasteiger partial charge in [-0.05, 0) is 62.8 Å². The smallest absolute Gasteiger partial charge is 0.215 e. The minimum Gasteiger partial charge on any atom is -0.376 e. The number of rotatable bonds is 24. The molecule has 3 heterocycles. The van der Waals surface area contributed by atoms with Crippen molar-refractivity contribution < 1.29 is 18.8 Å². The molecule has 0 radical (unpaired) electrons. The first-order valence-electron chi connectivity index (χ1n) is 21.0. The standard InChI is InChI=1S/C46H66N3O3/c1-7-16-34(17-8-2)50-31-28-47-37-22-13-24-39-43(37)46-44-38(47)23-14-25-40(44)49(30-33-52-36(20-11-5)21-12-6)42-27-15-26-41(45(42)46)48(39)29-32-51-35(18-9-3)19-10-4/h13-15,22-27,34-36H,7-12,16-21,28-33H2,1-6H3/q+1. The number of aromatic nitrogens is 3. The van der Waals surface area contributed by atoms with Crippen molar-refractivity contribution in [2.75, 3.05) is 19.8 Å². The second-order valence-corrected chi connectivity index (χ2v) is 15.1. The van der Waals surface area contributed by atoms with Gasteiger partial charge in [-0.3, -0.25) is 0 Å². The molecule has 6 nitrogen and oxygen atoms in total. The van der Waals surface area contributed by atoms with Gasteiger partial charge in [0.25, 0.3) is 0 Å². The van der Waals surface area contributed by atoms with E-state index < -0.39 is 0 Å². The fourth-order valence-electron chi connectivity index (χ4n) is 8.99. The Morgan fingerprint density at radius 3 is 1.23 bits per heavy atom. The maximum Gasteiger partial charge on any atom is 0.215 e. The normalized spacial score (nSPS) is 12.6. The lowest BCUT2D eigenvalue weighted by atomic mass is 9.89. The van der Waals surface area contributed by atoms with Gasteiger partial charge in [-0.2, -0.15) is 4.57 Å². The monoisotopic (exact) mass is 709 g/mol. The summed E-state index contributed by atoms with van der Waals surface area (Å²) >= 11 is 0. The molecule has 52 heavy (non-hydrogen) atoms. The van der Waals surface area contributed by atoms with E-state index in [2.05, 4.69) is 110 Å². The summed E-state index contributed by atoms with van der Waals surface area (Å²) in [6.45, 7) is 18.2. The van der Waals surface area contributed by atoms with Gasteiger partial charge in [0.2, 0.25) is 11.0 Å². The van der Waals surface area contributed by atoms with Crippen LogP contribution in [0.2, 0.25) is 0 Å². The molecule has 6 rings (SSSR count). The molecule has 0 bridgehead atoms. The van der Waals surface area contributed by atoms with Crippen LogP contribution in [0.4, 0.5) is 0 Å². The average Bonchev–Trinajstić information content (AvgIpc) is 3.15. The van der Waals surface area contributed by atoms with Crippen LogP contribution in [0.25, 0.3) is 55.0 Å². The molecular formula is C46H66N3O3+. The van der Waals surface area contributed by atoms with Crippen LogP contribution in [-0.4, -0.2) is 47.3 Å². The van der Waals surface area contributed by atoms with Gasteiger partial charge in [-0.15, -0.1) is 0 Å². The molecule has 3 aromatic carbocycles. The van der Waals surface area contributed by atoms with Crippen molar-refractivity contribution in [3.63, 3.8) is 0 Å². The minimum atomic E-state index is 0.324. The Morgan fingerprint density at radius 2 is 0.827 bits per heavy atom. The third-order valence-electron chi connectivity index (χ3n) is 11.2. The molecule has 0 atom stereocenters. The maximum atomic E-state index is 6.62. The molecule has 0 aliphatic carbocycles. The fourth-order valence-corrected chi connectivity index (χ4v) is 8.99. The molecule has 4 aromatic rings. The first kappa shape index (κ1) is 38.5. The summed E-state index contributed by atoms with van der Waals surface area (Å²) < 4.78 is 27.5. The van der Waals surface area contributed by atoms with Gasteiger partial charge < -0.3 is 23.3 Å². The number of hydrogen-bond donors (Lipinski definition) is 0. The predicted octanol–water partition coefficient (Wildman–Crippen LogP) is 11.7. The summed E-state index contributed by atoms with van der Waals surface area (Å²) in [6, 6.07) is 20.8. The molecule has 282 valence electrons. The van der Waals surface area contributed by atoms with Gasteiger partial charge in [0.05, 0.1) is 64.4 Å². The Bertz CT molecular complexity index is 1800. The summed E-state index contributed by atoms with van der Waals surface area (Å²) in [5.41, 5.74) is 10.4. The van der Waals surface area contributed by atoms with E-state index in [1.165, 1.54) is 55.0 Å². The molecule has 0 fully saturated rings. The first-order valence-corrected chi connectivity index (χ1v) is 21.0. The van der Waals surface area contributed by atoms with E-state index in [1.807, 2.05) is 0 Å². The van der Waals surface area contributed by atoms with Crippen LogP contribution in [-0.2, 0) is 33.8 Å². The van der Waals surface area contributed by atoms with E-state index in [-0.39, 0.29) is 0 Å². The lowest BCUT2D eigenvalue weighted by Gasteiger charge is -2.28. The fraction of sp³-hybridized carbons (Fsp3) is 0.587. The molecule has 1 aromatic heterocycles. The Kier molecular flexibility index (Phi) is 13.9. The van der Waals surface area contributed by atoms with Crippen LogP contribution in [0.1, 0.15) is 119 Å². The van der Waals surface area contributed by atoms with E-state index in [4.69, 9.17) is 14.2 Å². The van der Waals surface area contributed by atoms with Crippen molar-refractivity contribution in [3.8, 4) is 11.1 Å². The van der Waals surface area contributed by atoms with Gasteiger partial charge in [-0.1, -0.05) is 98.3 Å². The second kappa shape index (κ2) is 18.7. The molecule has 0 spiro atoms. The van der Waals surface area contributed by atoms with Gasteiger partial charge in [0.1, 0.15) is 6.61 Å². The number of ether oxygens (including phenoxy) is 3. The van der Waals surface area contributed by atoms with Gasteiger partial charge >= 0.3 is 0 Å². The highest BCUT2D eigenvalue weighted by atomic mass is 16.5. The minimum absolute atomic E-state index is 0.324. The molecule has 0 saturated heterocycles. The van der Waals surface area contributed by atoms with Crippen molar-refractivity contribution in [1.82, 2.24) is 9.13 Å². The molecule has 2 aliphatic heterocycles. The summed E-state index contributed by atoms with van der Waals surface area (Å²) in [5.74, 6) is 0. The molecule has 0 N–H and O–H groups in total. The lowest BCUT2D eigenvalue weighted by molar-refractivity contribution is -0.647. The zero-order chi connectivity index (χ0) is 36.5. The van der Waals surface area contributed by atoms with E-state index in [1.54, 1.807) is 0 Å². The molecule has 2 aliphatic rings. The van der Waals surface area contributed by atoms with Crippen molar-refractivity contribution >= 4 is 43.9 Å². The SMILES string of the molecule is CCCC(CCC)OCCn1c2cccc3c2-c2c4c1cccc4[n+](CCOC(CCC)CCC)c1cccc(c21)n3CCOC(CCC)CCC. The molecular weight excluding hydrogens is 643 g/mol. The zero-order valence-electron chi connectivity index (χ0n) is 33.2. The maximum absolute atomic E-state index is 6.62. The van der Waals surface area contributed by atoms with E-state index in [0.717, 1.165) is 96.7 Å². The van der Waals surface area contributed by atoms with Crippen molar-refractivity contribution in [3.05, 3.63) is 54.6 Å². The molecule has 0 unspecified atom stereocenters. The Hall–Kier alpha value is -3.19. The highest BCUT2D eigenvalue weighted by Gasteiger charge is 2.31. The van der Waals surface area contributed by atoms with E-state index in [9.17, 15) is 0 Å². The largest absolute Gasteiger partial charge is 0.376 e. The summed E-state index contributed by atoms with van der Waals surface area (Å²) in [6.07, 6.45) is 14.6. The van der Waals surface area contributed by atoms with Crippen LogP contribution in [0.5, 0.6) is 0 Å². The molecule has 0 saturated carbocycles. The zero-order valence-corrected chi connectivity index (χ0v) is 33.2. The Morgan fingerprint density at radius 1 is 0.462 bits per heavy atom. The lowest BCUT2D eigenvalue weighted by Crippen LogP contribution is -2.39. The van der Waals surface area contributed by atoms with Gasteiger partial charge in [0, 0.05) is 36.3 Å². The predicted molar refractivity (Wildman–Crippen MR) is 219 cm³/mol. The second-order valence-electron chi connectivity index (χ2n) is 15.1. The van der Waals surface area contributed by atoms with Crippen LogP contribution in [0, 0.1) is 0 Å². The number of benzene rings is 3.